The topological polar surface area (TPSA) is 33.1 Å². The highest BCUT2D eigenvalue weighted by molar-refractivity contribution is 7.99. The van der Waals surface area contributed by atoms with Crippen LogP contribution in [0.15, 0.2) is 12.4 Å². The Labute approximate surface area is 108 Å². The maximum absolute atomic E-state index is 4.21. The first-order chi connectivity index (χ1) is 8.36. The van der Waals surface area contributed by atoms with Gasteiger partial charge < -0.3 is 14.8 Å². The quantitative estimate of drug-likeness (QED) is 0.762. The molecule has 0 atom stereocenters. The molecule has 2 heterocycles. The Morgan fingerprint density at radius 2 is 2.06 bits per heavy atom. The molecule has 1 aromatic heterocycles. The standard InChI is InChI=1S/C12H22N4S/c1-12-14-4-7-16(12)6-3-13-2-5-15-8-10-17-11-9-15/h4,7,13H,2-3,5-6,8-11H2,1H3. The van der Waals surface area contributed by atoms with E-state index in [9.17, 15) is 0 Å². The summed E-state index contributed by atoms with van der Waals surface area (Å²) in [6, 6.07) is 0. The van der Waals surface area contributed by atoms with Gasteiger partial charge >= 0.3 is 0 Å². The molecule has 1 aliphatic heterocycles. The van der Waals surface area contributed by atoms with Crippen LogP contribution in [-0.2, 0) is 6.54 Å². The second kappa shape index (κ2) is 7.03. The molecule has 1 N–H and O–H groups in total. The monoisotopic (exact) mass is 254 g/mol. The maximum Gasteiger partial charge on any atom is 0.105 e. The number of hydrogen-bond acceptors (Lipinski definition) is 4. The molecule has 0 bridgehead atoms. The van der Waals surface area contributed by atoms with E-state index in [-0.39, 0.29) is 0 Å². The van der Waals surface area contributed by atoms with E-state index >= 15 is 0 Å². The van der Waals surface area contributed by atoms with Gasteiger partial charge in [-0.15, -0.1) is 0 Å². The van der Waals surface area contributed by atoms with Crippen molar-refractivity contribution in [3.05, 3.63) is 18.2 Å². The van der Waals surface area contributed by atoms with Crippen molar-refractivity contribution < 1.29 is 0 Å². The summed E-state index contributed by atoms with van der Waals surface area (Å²) in [6.45, 7) is 8.88. The van der Waals surface area contributed by atoms with Crippen LogP contribution >= 0.6 is 11.8 Å². The van der Waals surface area contributed by atoms with Crippen LogP contribution in [-0.4, -0.2) is 58.7 Å². The van der Waals surface area contributed by atoms with Crippen molar-refractivity contribution in [1.82, 2.24) is 19.8 Å². The van der Waals surface area contributed by atoms with E-state index in [0.717, 1.165) is 25.5 Å². The molecule has 0 spiro atoms. The van der Waals surface area contributed by atoms with Crippen LogP contribution in [0.4, 0.5) is 0 Å². The number of aryl methyl sites for hydroxylation is 1. The van der Waals surface area contributed by atoms with Gasteiger partial charge in [0.2, 0.25) is 0 Å². The number of nitrogens with zero attached hydrogens (tertiary/aromatic N) is 3. The van der Waals surface area contributed by atoms with Crippen molar-refractivity contribution in [1.29, 1.82) is 0 Å². The Balaban J connectivity index is 1.53. The summed E-state index contributed by atoms with van der Waals surface area (Å²) >= 11 is 2.07. The van der Waals surface area contributed by atoms with Gasteiger partial charge in [-0.05, 0) is 6.92 Å². The summed E-state index contributed by atoms with van der Waals surface area (Å²) in [6.07, 6.45) is 3.90. The third kappa shape index (κ3) is 4.33. The maximum atomic E-state index is 4.21. The molecule has 1 saturated heterocycles. The lowest BCUT2D eigenvalue weighted by molar-refractivity contribution is 0.300. The highest BCUT2D eigenvalue weighted by Crippen LogP contribution is 2.07. The van der Waals surface area contributed by atoms with E-state index in [1.54, 1.807) is 0 Å². The second-order valence-corrected chi connectivity index (χ2v) is 5.60. The molecule has 1 fully saturated rings. The van der Waals surface area contributed by atoms with E-state index in [1.807, 2.05) is 19.3 Å². The molecule has 0 radical (unpaired) electrons. The van der Waals surface area contributed by atoms with Gasteiger partial charge in [-0.1, -0.05) is 0 Å². The zero-order valence-electron chi connectivity index (χ0n) is 10.6. The normalized spacial score (nSPS) is 17.5. The molecule has 0 saturated carbocycles. The lowest BCUT2D eigenvalue weighted by Gasteiger charge is -2.26. The SMILES string of the molecule is Cc1nccn1CCNCCN1CCSCC1. The van der Waals surface area contributed by atoms with Crippen LogP contribution in [0.25, 0.3) is 0 Å². The fourth-order valence-corrected chi connectivity index (χ4v) is 3.01. The molecule has 0 aromatic carbocycles. The summed E-state index contributed by atoms with van der Waals surface area (Å²) in [5.74, 6) is 3.70. The van der Waals surface area contributed by atoms with Crippen molar-refractivity contribution in [2.24, 2.45) is 0 Å². The van der Waals surface area contributed by atoms with Crippen LogP contribution in [0, 0.1) is 6.92 Å². The average molecular weight is 254 g/mol. The third-order valence-electron chi connectivity index (χ3n) is 3.16. The molecular formula is C12H22N4S. The number of imidazole rings is 1. The highest BCUT2D eigenvalue weighted by Gasteiger charge is 2.08. The largest absolute Gasteiger partial charge is 0.334 e. The molecule has 4 nitrogen and oxygen atoms in total. The van der Waals surface area contributed by atoms with Crippen molar-refractivity contribution >= 4 is 11.8 Å². The van der Waals surface area contributed by atoms with E-state index in [2.05, 4.69) is 31.5 Å². The minimum Gasteiger partial charge on any atom is -0.334 e. The Bertz CT molecular complexity index is 320. The number of rotatable bonds is 6. The number of hydrogen-bond donors (Lipinski definition) is 1. The van der Waals surface area contributed by atoms with Gasteiger partial charge in [-0.3, -0.25) is 0 Å². The van der Waals surface area contributed by atoms with E-state index in [4.69, 9.17) is 0 Å². The molecule has 1 aliphatic rings. The van der Waals surface area contributed by atoms with Gasteiger partial charge in [0, 0.05) is 63.2 Å². The van der Waals surface area contributed by atoms with Crippen LogP contribution < -0.4 is 5.32 Å². The number of aromatic nitrogens is 2. The Kier molecular flexibility index (Phi) is 5.35. The predicted molar refractivity (Wildman–Crippen MR) is 73.6 cm³/mol. The molecule has 5 heteroatoms. The summed E-state index contributed by atoms with van der Waals surface area (Å²) in [7, 11) is 0. The van der Waals surface area contributed by atoms with E-state index < -0.39 is 0 Å². The van der Waals surface area contributed by atoms with E-state index in [1.165, 1.54) is 31.1 Å². The predicted octanol–water partition coefficient (Wildman–Crippen LogP) is 0.830. The van der Waals surface area contributed by atoms with Crippen LogP contribution in [0.3, 0.4) is 0 Å². The van der Waals surface area contributed by atoms with Crippen molar-refractivity contribution in [3.63, 3.8) is 0 Å². The first kappa shape index (κ1) is 12.9. The minimum atomic E-state index is 1.02. The summed E-state index contributed by atoms with van der Waals surface area (Å²) in [5, 5.41) is 3.50. The molecular weight excluding hydrogens is 232 g/mol. The Hall–Kier alpha value is -0.520. The van der Waals surface area contributed by atoms with Crippen molar-refractivity contribution in [3.8, 4) is 0 Å². The van der Waals surface area contributed by atoms with Crippen LogP contribution in [0.5, 0.6) is 0 Å². The second-order valence-electron chi connectivity index (χ2n) is 4.37. The summed E-state index contributed by atoms with van der Waals surface area (Å²) in [4.78, 5) is 6.76. The van der Waals surface area contributed by atoms with Gasteiger partial charge in [0.15, 0.2) is 0 Å². The third-order valence-corrected chi connectivity index (χ3v) is 4.10. The molecule has 17 heavy (non-hydrogen) atoms. The Morgan fingerprint density at radius 1 is 1.29 bits per heavy atom. The first-order valence-electron chi connectivity index (χ1n) is 6.35. The lowest BCUT2D eigenvalue weighted by atomic mass is 10.4. The van der Waals surface area contributed by atoms with Crippen molar-refractivity contribution in [2.75, 3.05) is 44.2 Å². The fourth-order valence-electron chi connectivity index (χ4n) is 2.03. The van der Waals surface area contributed by atoms with Gasteiger partial charge in [0.1, 0.15) is 5.82 Å². The lowest BCUT2D eigenvalue weighted by Crippen LogP contribution is -2.38. The Morgan fingerprint density at radius 3 is 2.76 bits per heavy atom. The van der Waals surface area contributed by atoms with Crippen LogP contribution in [0.2, 0.25) is 0 Å². The fraction of sp³-hybridized carbons (Fsp3) is 0.750. The minimum absolute atomic E-state index is 1.02. The number of nitrogens with one attached hydrogen (secondary N) is 1. The van der Waals surface area contributed by atoms with Gasteiger partial charge in [-0.25, -0.2) is 4.98 Å². The summed E-state index contributed by atoms with van der Waals surface area (Å²) < 4.78 is 2.19. The molecule has 2 rings (SSSR count). The highest BCUT2D eigenvalue weighted by atomic mass is 32.2. The average Bonchev–Trinajstić information content (AvgIpc) is 2.76. The molecule has 0 unspecified atom stereocenters. The molecule has 0 aliphatic carbocycles. The van der Waals surface area contributed by atoms with Gasteiger partial charge in [0.25, 0.3) is 0 Å². The molecule has 96 valence electrons. The molecule has 0 amide bonds. The van der Waals surface area contributed by atoms with Crippen LogP contribution in [0.1, 0.15) is 5.82 Å². The smallest absolute Gasteiger partial charge is 0.105 e. The van der Waals surface area contributed by atoms with E-state index in [0.29, 0.717) is 0 Å². The van der Waals surface area contributed by atoms with Gasteiger partial charge in [0.05, 0.1) is 0 Å². The zero-order chi connectivity index (χ0) is 11.9. The molecule has 1 aromatic rings. The number of thioether (sulfide) groups is 1. The zero-order valence-corrected chi connectivity index (χ0v) is 11.4. The first-order valence-corrected chi connectivity index (χ1v) is 7.50. The van der Waals surface area contributed by atoms with Crippen molar-refractivity contribution in [2.45, 2.75) is 13.5 Å². The summed E-state index contributed by atoms with van der Waals surface area (Å²) in [5.41, 5.74) is 0. The van der Waals surface area contributed by atoms with Gasteiger partial charge in [-0.2, -0.15) is 11.8 Å².